The predicted molar refractivity (Wildman–Crippen MR) is 94.4 cm³/mol. The number of phenolic OH excluding ortho intramolecular Hbond substituents is 1. The number of hydrogen-bond donors (Lipinski definition) is 1. The smallest absolute Gasteiger partial charge is 0.286 e. The number of aromatic hydroxyl groups is 1. The van der Waals surface area contributed by atoms with Crippen LogP contribution in [-0.2, 0) is 4.79 Å². The fraction of sp³-hybridized carbons (Fsp3) is 0.353. The van der Waals surface area contributed by atoms with E-state index < -0.39 is 0 Å². The maximum Gasteiger partial charge on any atom is 0.286 e. The van der Waals surface area contributed by atoms with E-state index in [1.165, 1.54) is 11.8 Å². The number of hydrogen-bond acceptors (Lipinski definition) is 6. The van der Waals surface area contributed by atoms with Gasteiger partial charge in [0.05, 0.1) is 11.0 Å². The average Bonchev–Trinajstić information content (AvgIpc) is 2.96. The molecule has 0 aliphatic carbocycles. The summed E-state index contributed by atoms with van der Waals surface area (Å²) in [5, 5.41) is 19.2. The Morgan fingerprint density at radius 1 is 1.29 bits per heavy atom. The van der Waals surface area contributed by atoms with Crippen LogP contribution in [0.4, 0.5) is 0 Å². The third-order valence-corrected chi connectivity index (χ3v) is 5.06. The highest BCUT2D eigenvalue weighted by Crippen LogP contribution is 2.32. The van der Waals surface area contributed by atoms with Crippen molar-refractivity contribution in [2.45, 2.75) is 6.42 Å². The van der Waals surface area contributed by atoms with Crippen molar-refractivity contribution in [3.05, 3.63) is 34.7 Å². The van der Waals surface area contributed by atoms with Crippen LogP contribution in [0.5, 0.6) is 5.75 Å². The second kappa shape index (κ2) is 7.51. The van der Waals surface area contributed by atoms with Gasteiger partial charge in [-0.25, -0.2) is 0 Å². The monoisotopic (exact) mass is 342 g/mol. The molecule has 0 spiro atoms. The van der Waals surface area contributed by atoms with E-state index in [0.29, 0.717) is 16.9 Å². The minimum atomic E-state index is -0.259. The molecule has 0 aromatic heterocycles. The number of piperazine rings is 1. The molecule has 2 heterocycles. The highest BCUT2D eigenvalue weighted by Gasteiger charge is 2.28. The van der Waals surface area contributed by atoms with Crippen molar-refractivity contribution in [3.63, 3.8) is 0 Å². The molecular weight excluding hydrogens is 324 g/mol. The van der Waals surface area contributed by atoms with Crippen LogP contribution >= 0.6 is 11.8 Å². The fourth-order valence-electron chi connectivity index (χ4n) is 2.65. The lowest BCUT2D eigenvalue weighted by molar-refractivity contribution is -0.113. The Morgan fingerprint density at radius 2 is 2.04 bits per heavy atom. The molecule has 0 saturated carbocycles. The number of nitrogens with zero attached hydrogens (tertiary/aromatic N) is 4. The third-order valence-electron chi connectivity index (χ3n) is 4.02. The molecule has 7 heteroatoms. The second-order valence-corrected chi connectivity index (χ2v) is 6.61. The lowest BCUT2D eigenvalue weighted by Crippen LogP contribution is -2.47. The molecule has 6 nitrogen and oxygen atoms in total. The van der Waals surface area contributed by atoms with Crippen LogP contribution in [0.25, 0.3) is 6.08 Å². The lowest BCUT2D eigenvalue weighted by Gasteiger charge is -2.34. The van der Waals surface area contributed by atoms with E-state index in [1.54, 1.807) is 24.3 Å². The number of carbonyl (C=O) groups is 1. The van der Waals surface area contributed by atoms with Crippen LogP contribution in [0.3, 0.4) is 0 Å². The van der Waals surface area contributed by atoms with E-state index in [1.807, 2.05) is 6.07 Å². The van der Waals surface area contributed by atoms with E-state index in [9.17, 15) is 9.90 Å². The fourth-order valence-corrected chi connectivity index (χ4v) is 3.61. The van der Waals surface area contributed by atoms with Gasteiger partial charge in [0.25, 0.3) is 5.91 Å². The highest BCUT2D eigenvalue weighted by molar-refractivity contribution is 8.18. The molecule has 0 bridgehead atoms. The van der Waals surface area contributed by atoms with Gasteiger partial charge in [-0.2, -0.15) is 10.3 Å². The largest absolute Gasteiger partial charge is 0.507 e. The van der Waals surface area contributed by atoms with E-state index >= 15 is 0 Å². The maximum absolute atomic E-state index is 12.1. The van der Waals surface area contributed by atoms with E-state index in [0.717, 1.165) is 37.9 Å². The zero-order valence-corrected chi connectivity index (χ0v) is 14.0. The Labute approximate surface area is 145 Å². The van der Waals surface area contributed by atoms with Gasteiger partial charge in [-0.1, -0.05) is 18.2 Å². The number of amides is 1. The topological polar surface area (TPSA) is 79.9 Å². The van der Waals surface area contributed by atoms with Crippen molar-refractivity contribution < 1.29 is 9.90 Å². The van der Waals surface area contributed by atoms with Crippen LogP contribution in [0.1, 0.15) is 12.0 Å². The molecule has 1 fully saturated rings. The van der Waals surface area contributed by atoms with Gasteiger partial charge < -0.3 is 10.0 Å². The van der Waals surface area contributed by atoms with E-state index in [4.69, 9.17) is 5.26 Å². The molecule has 2 aliphatic heterocycles. The van der Waals surface area contributed by atoms with Gasteiger partial charge in [0.1, 0.15) is 5.75 Å². The van der Waals surface area contributed by atoms with Gasteiger partial charge >= 0.3 is 0 Å². The summed E-state index contributed by atoms with van der Waals surface area (Å²) in [7, 11) is 0. The van der Waals surface area contributed by atoms with Crippen molar-refractivity contribution in [1.29, 1.82) is 5.26 Å². The molecule has 1 amide bonds. The molecule has 1 aromatic carbocycles. The molecular formula is C17H18N4O2S. The SMILES string of the molecule is N#CCCN1CCN(C2=NC(=O)/C(=C\c3ccccc3O)S2)CC1. The van der Waals surface area contributed by atoms with Gasteiger partial charge in [-0.05, 0) is 23.9 Å². The number of nitriles is 1. The molecule has 2 aliphatic rings. The Kier molecular flexibility index (Phi) is 5.18. The molecule has 124 valence electrons. The van der Waals surface area contributed by atoms with Gasteiger partial charge in [0, 0.05) is 44.7 Å². The van der Waals surface area contributed by atoms with Gasteiger partial charge in [-0.3, -0.25) is 9.69 Å². The van der Waals surface area contributed by atoms with E-state index in [2.05, 4.69) is 20.9 Å². The number of para-hydroxylation sites is 1. The molecule has 1 N–H and O–H groups in total. The number of benzene rings is 1. The first-order chi connectivity index (χ1) is 11.7. The first kappa shape index (κ1) is 16.6. The van der Waals surface area contributed by atoms with Crippen LogP contribution in [0.2, 0.25) is 0 Å². The molecule has 0 radical (unpaired) electrons. The Bertz CT molecular complexity index is 730. The predicted octanol–water partition coefficient (Wildman–Crippen LogP) is 1.89. The lowest BCUT2D eigenvalue weighted by atomic mass is 10.2. The summed E-state index contributed by atoms with van der Waals surface area (Å²) in [6.07, 6.45) is 2.23. The van der Waals surface area contributed by atoms with Gasteiger partial charge in [0.15, 0.2) is 5.17 Å². The summed E-state index contributed by atoms with van der Waals surface area (Å²) < 4.78 is 0. The summed E-state index contributed by atoms with van der Waals surface area (Å²) in [6, 6.07) is 9.09. The number of phenols is 1. The maximum atomic E-state index is 12.1. The summed E-state index contributed by atoms with van der Waals surface area (Å²) in [6.45, 7) is 4.13. The summed E-state index contributed by atoms with van der Waals surface area (Å²) in [4.78, 5) is 21.2. The van der Waals surface area contributed by atoms with E-state index in [-0.39, 0.29) is 11.7 Å². The first-order valence-electron chi connectivity index (χ1n) is 7.82. The van der Waals surface area contributed by atoms with Crippen LogP contribution in [-0.4, -0.2) is 58.7 Å². The molecule has 24 heavy (non-hydrogen) atoms. The average molecular weight is 342 g/mol. The van der Waals surface area contributed by atoms with Crippen molar-refractivity contribution in [1.82, 2.24) is 9.80 Å². The first-order valence-corrected chi connectivity index (χ1v) is 8.64. The minimum Gasteiger partial charge on any atom is -0.507 e. The number of aliphatic imine (C=N–C) groups is 1. The Balaban J connectivity index is 1.62. The highest BCUT2D eigenvalue weighted by atomic mass is 32.2. The summed E-state index contributed by atoms with van der Waals surface area (Å²) >= 11 is 1.35. The number of thioether (sulfide) groups is 1. The van der Waals surface area contributed by atoms with Crippen molar-refractivity contribution in [2.75, 3.05) is 32.7 Å². The van der Waals surface area contributed by atoms with Crippen LogP contribution in [0, 0.1) is 11.3 Å². The van der Waals surface area contributed by atoms with Crippen LogP contribution < -0.4 is 0 Å². The van der Waals surface area contributed by atoms with Gasteiger partial charge in [-0.15, -0.1) is 0 Å². The number of amidine groups is 1. The normalized spacial score (nSPS) is 20.3. The Morgan fingerprint density at radius 3 is 2.75 bits per heavy atom. The summed E-state index contributed by atoms with van der Waals surface area (Å²) in [5.74, 6) is -0.108. The standard InChI is InChI=1S/C17H18N4O2S/c18-6-3-7-20-8-10-21(11-9-20)17-19-16(23)15(24-17)12-13-4-1-2-5-14(13)22/h1-2,4-5,12,22H,3,7-11H2/b15-12+. The van der Waals surface area contributed by atoms with Crippen molar-refractivity contribution in [3.8, 4) is 11.8 Å². The Hall–Kier alpha value is -2.30. The second-order valence-electron chi connectivity index (χ2n) is 5.61. The molecule has 0 unspecified atom stereocenters. The van der Waals surface area contributed by atoms with Crippen molar-refractivity contribution >= 4 is 28.9 Å². The molecule has 0 atom stereocenters. The van der Waals surface area contributed by atoms with Crippen LogP contribution in [0.15, 0.2) is 34.2 Å². The molecule has 1 aromatic rings. The van der Waals surface area contributed by atoms with Gasteiger partial charge in [0.2, 0.25) is 0 Å². The van der Waals surface area contributed by atoms with Crippen molar-refractivity contribution in [2.24, 2.45) is 4.99 Å². The molecule has 3 rings (SSSR count). The number of rotatable bonds is 3. The molecule has 1 saturated heterocycles. The zero-order valence-electron chi connectivity index (χ0n) is 13.2. The zero-order chi connectivity index (χ0) is 16.9. The quantitative estimate of drug-likeness (QED) is 0.845. The third kappa shape index (κ3) is 3.78. The number of carbonyl (C=O) groups excluding carboxylic acids is 1. The minimum absolute atomic E-state index is 0.151. The summed E-state index contributed by atoms with van der Waals surface area (Å²) in [5.41, 5.74) is 0.617.